The van der Waals surface area contributed by atoms with Gasteiger partial charge in [-0.15, -0.1) is 0 Å². The fourth-order valence-corrected chi connectivity index (χ4v) is 2.04. The summed E-state index contributed by atoms with van der Waals surface area (Å²) >= 11 is 3.30. The van der Waals surface area contributed by atoms with Crippen molar-refractivity contribution in [1.82, 2.24) is 0 Å². The summed E-state index contributed by atoms with van der Waals surface area (Å²) in [6.07, 6.45) is 2.40. The van der Waals surface area contributed by atoms with E-state index < -0.39 is 4.92 Å². The molecule has 0 saturated carbocycles. The van der Waals surface area contributed by atoms with Gasteiger partial charge in [0.25, 0.3) is 5.69 Å². The molecule has 1 heterocycles. The van der Waals surface area contributed by atoms with Crippen molar-refractivity contribution in [2.75, 3.05) is 11.9 Å². The maximum atomic E-state index is 10.6. The molecule has 1 aromatic heterocycles. The molecule has 0 fully saturated rings. The summed E-state index contributed by atoms with van der Waals surface area (Å²) in [5.41, 5.74) is 0.894. The first-order chi connectivity index (χ1) is 8.66. The average molecular weight is 311 g/mol. The topological polar surface area (TPSA) is 68.3 Å². The van der Waals surface area contributed by atoms with Crippen molar-refractivity contribution in [2.24, 2.45) is 0 Å². The molecule has 0 spiro atoms. The van der Waals surface area contributed by atoms with E-state index in [9.17, 15) is 10.1 Å². The lowest BCUT2D eigenvalue weighted by atomic mass is 10.2. The molecule has 0 amide bonds. The van der Waals surface area contributed by atoms with E-state index in [-0.39, 0.29) is 5.69 Å². The Balaban J connectivity index is 1.95. The predicted octanol–water partition coefficient (Wildman–Crippen LogP) is 3.60. The van der Waals surface area contributed by atoms with Crippen molar-refractivity contribution in [3.05, 3.63) is 56.9 Å². The molecule has 0 aliphatic heterocycles. The zero-order valence-corrected chi connectivity index (χ0v) is 11.0. The van der Waals surface area contributed by atoms with Crippen LogP contribution in [0.4, 0.5) is 11.4 Å². The van der Waals surface area contributed by atoms with E-state index in [1.165, 1.54) is 12.1 Å². The Hall–Kier alpha value is -1.82. The van der Waals surface area contributed by atoms with Gasteiger partial charge in [0.05, 0.1) is 11.2 Å². The quantitative estimate of drug-likeness (QED) is 0.676. The van der Waals surface area contributed by atoms with Gasteiger partial charge in [0.2, 0.25) is 0 Å². The molecule has 18 heavy (non-hydrogen) atoms. The van der Waals surface area contributed by atoms with Gasteiger partial charge in [0.1, 0.15) is 5.76 Å². The summed E-state index contributed by atoms with van der Waals surface area (Å²) < 4.78 is 5.89. The monoisotopic (exact) mass is 310 g/mol. The van der Waals surface area contributed by atoms with Crippen molar-refractivity contribution in [3.63, 3.8) is 0 Å². The fraction of sp³-hybridized carbons (Fsp3) is 0.167. The number of nitro groups is 1. The highest BCUT2D eigenvalue weighted by Crippen LogP contribution is 2.26. The lowest BCUT2D eigenvalue weighted by Gasteiger charge is -2.07. The molecular weight excluding hydrogens is 300 g/mol. The van der Waals surface area contributed by atoms with Crippen LogP contribution in [0.1, 0.15) is 5.76 Å². The number of nitro benzene ring substituents is 1. The van der Waals surface area contributed by atoms with E-state index in [0.29, 0.717) is 11.0 Å². The lowest BCUT2D eigenvalue weighted by molar-refractivity contribution is -0.384. The molecule has 0 bridgehead atoms. The van der Waals surface area contributed by atoms with E-state index in [2.05, 4.69) is 21.2 Å². The molecular formula is C12H11BrN2O3. The molecule has 0 radical (unpaired) electrons. The average Bonchev–Trinajstić information content (AvgIpc) is 2.84. The van der Waals surface area contributed by atoms with E-state index in [0.717, 1.165) is 17.9 Å². The van der Waals surface area contributed by atoms with Gasteiger partial charge in [0.15, 0.2) is 0 Å². The maximum Gasteiger partial charge on any atom is 0.270 e. The molecule has 0 unspecified atom stereocenters. The highest BCUT2D eigenvalue weighted by Gasteiger charge is 2.08. The van der Waals surface area contributed by atoms with Gasteiger partial charge in [-0.05, 0) is 34.1 Å². The lowest BCUT2D eigenvalue weighted by Crippen LogP contribution is -2.04. The van der Waals surface area contributed by atoms with Gasteiger partial charge in [-0.3, -0.25) is 10.1 Å². The summed E-state index contributed by atoms with van der Waals surface area (Å²) in [5.74, 6) is 0.903. The Kier molecular flexibility index (Phi) is 3.99. The molecule has 5 nitrogen and oxygen atoms in total. The SMILES string of the molecule is O=[N+]([O-])c1ccc(NCCc2ccco2)c(Br)c1. The minimum atomic E-state index is -0.419. The van der Waals surface area contributed by atoms with Gasteiger partial charge in [-0.25, -0.2) is 0 Å². The molecule has 94 valence electrons. The van der Waals surface area contributed by atoms with Crippen LogP contribution in [0.15, 0.2) is 45.5 Å². The van der Waals surface area contributed by atoms with Crippen molar-refractivity contribution >= 4 is 27.3 Å². The maximum absolute atomic E-state index is 10.6. The molecule has 1 N–H and O–H groups in total. The summed E-state index contributed by atoms with van der Waals surface area (Å²) in [6, 6.07) is 8.39. The molecule has 2 rings (SSSR count). The number of benzene rings is 1. The van der Waals surface area contributed by atoms with Gasteiger partial charge < -0.3 is 9.73 Å². The number of nitrogens with one attached hydrogen (secondary N) is 1. The van der Waals surface area contributed by atoms with Crippen LogP contribution in [0.3, 0.4) is 0 Å². The second-order valence-electron chi connectivity index (χ2n) is 3.68. The Morgan fingerprint density at radius 1 is 1.39 bits per heavy atom. The largest absolute Gasteiger partial charge is 0.469 e. The summed E-state index contributed by atoms with van der Waals surface area (Å²) in [5, 5.41) is 13.8. The molecule has 0 atom stereocenters. The van der Waals surface area contributed by atoms with E-state index in [1.54, 1.807) is 12.3 Å². The van der Waals surface area contributed by atoms with Crippen molar-refractivity contribution in [1.29, 1.82) is 0 Å². The third-order valence-corrected chi connectivity index (χ3v) is 3.09. The molecule has 0 aliphatic carbocycles. The molecule has 2 aromatic rings. The van der Waals surface area contributed by atoms with Crippen LogP contribution in [-0.4, -0.2) is 11.5 Å². The van der Waals surface area contributed by atoms with Crippen molar-refractivity contribution in [2.45, 2.75) is 6.42 Å². The first-order valence-electron chi connectivity index (χ1n) is 5.37. The van der Waals surface area contributed by atoms with Crippen molar-refractivity contribution in [3.8, 4) is 0 Å². The third kappa shape index (κ3) is 3.10. The highest BCUT2D eigenvalue weighted by molar-refractivity contribution is 9.10. The van der Waals surface area contributed by atoms with E-state index >= 15 is 0 Å². The van der Waals surface area contributed by atoms with Crippen LogP contribution in [0.2, 0.25) is 0 Å². The minimum absolute atomic E-state index is 0.0680. The third-order valence-electron chi connectivity index (χ3n) is 2.43. The molecule has 0 aliphatic rings. The zero-order valence-electron chi connectivity index (χ0n) is 9.43. The summed E-state index contributed by atoms with van der Waals surface area (Å²) in [4.78, 5) is 10.2. The first-order valence-corrected chi connectivity index (χ1v) is 6.16. The van der Waals surface area contributed by atoms with Gasteiger partial charge >= 0.3 is 0 Å². The van der Waals surface area contributed by atoms with Crippen LogP contribution in [0, 0.1) is 10.1 Å². The normalized spacial score (nSPS) is 10.3. The molecule has 6 heteroatoms. The number of non-ortho nitro benzene ring substituents is 1. The minimum Gasteiger partial charge on any atom is -0.469 e. The van der Waals surface area contributed by atoms with Crippen LogP contribution in [0.25, 0.3) is 0 Å². The van der Waals surface area contributed by atoms with Gasteiger partial charge in [-0.2, -0.15) is 0 Å². The Morgan fingerprint density at radius 3 is 2.83 bits per heavy atom. The Labute approximate surface area is 112 Å². The second-order valence-corrected chi connectivity index (χ2v) is 4.53. The second kappa shape index (κ2) is 5.68. The zero-order chi connectivity index (χ0) is 13.0. The number of hydrogen-bond acceptors (Lipinski definition) is 4. The smallest absolute Gasteiger partial charge is 0.270 e. The highest BCUT2D eigenvalue weighted by atomic mass is 79.9. The van der Waals surface area contributed by atoms with Crippen molar-refractivity contribution < 1.29 is 9.34 Å². The number of hydrogen-bond donors (Lipinski definition) is 1. The molecule has 1 aromatic carbocycles. The fourth-order valence-electron chi connectivity index (χ4n) is 1.54. The summed E-state index contributed by atoms with van der Waals surface area (Å²) in [7, 11) is 0. The van der Waals surface area contributed by atoms with E-state index in [4.69, 9.17) is 4.42 Å². The Morgan fingerprint density at radius 2 is 2.22 bits per heavy atom. The first kappa shape index (κ1) is 12.6. The van der Waals surface area contributed by atoms with Crippen LogP contribution >= 0.6 is 15.9 Å². The van der Waals surface area contributed by atoms with Crippen LogP contribution < -0.4 is 5.32 Å². The number of anilines is 1. The van der Waals surface area contributed by atoms with E-state index in [1.807, 2.05) is 12.1 Å². The standard InChI is InChI=1S/C12H11BrN2O3/c13-11-8-9(15(16)17)3-4-12(11)14-6-5-10-2-1-7-18-10/h1-4,7-8,14H,5-6H2. The number of rotatable bonds is 5. The number of nitrogens with zero attached hydrogens (tertiary/aromatic N) is 1. The number of halogens is 1. The predicted molar refractivity (Wildman–Crippen MR) is 71.7 cm³/mol. The molecule has 0 saturated heterocycles. The van der Waals surface area contributed by atoms with Crippen LogP contribution in [-0.2, 0) is 6.42 Å². The van der Waals surface area contributed by atoms with Gasteiger partial charge in [0, 0.05) is 35.3 Å². The summed E-state index contributed by atoms with van der Waals surface area (Å²) in [6.45, 7) is 0.698. The van der Waals surface area contributed by atoms with Gasteiger partial charge in [-0.1, -0.05) is 0 Å². The van der Waals surface area contributed by atoms with Crippen LogP contribution in [0.5, 0.6) is 0 Å². The number of furan rings is 1. The Bertz CT molecular complexity index is 540.